The summed E-state index contributed by atoms with van der Waals surface area (Å²) in [5.41, 5.74) is 1.33. The Morgan fingerprint density at radius 1 is 1.32 bits per heavy atom. The summed E-state index contributed by atoms with van der Waals surface area (Å²) in [6.07, 6.45) is 5.46. The molecule has 0 atom stereocenters. The number of piperidine rings is 1. The molecule has 1 aromatic rings. The molecule has 2 rings (SSSR count). The zero-order valence-corrected chi connectivity index (χ0v) is 15.1. The Morgan fingerprint density at radius 2 is 2.09 bits per heavy atom. The van der Waals surface area contributed by atoms with Crippen molar-refractivity contribution in [1.82, 2.24) is 10.2 Å². The summed E-state index contributed by atoms with van der Waals surface area (Å²) in [5, 5.41) is 3.10. The number of hydrogen-bond acceptors (Lipinski definition) is 2. The lowest BCUT2D eigenvalue weighted by Gasteiger charge is -2.31. The van der Waals surface area contributed by atoms with Gasteiger partial charge in [0.2, 0.25) is 5.91 Å². The minimum absolute atomic E-state index is 0.209. The Kier molecular flexibility index (Phi) is 7.40. The van der Waals surface area contributed by atoms with E-state index < -0.39 is 0 Å². The number of unbranched alkanes of at least 4 members (excludes halogenated alkanes) is 2. The molecular formula is C18H27BrN2O. The highest BCUT2D eigenvalue weighted by Gasteiger charge is 2.24. The Bertz CT molecular complexity index is 470. The van der Waals surface area contributed by atoms with Gasteiger partial charge in [-0.3, -0.25) is 9.69 Å². The summed E-state index contributed by atoms with van der Waals surface area (Å²) in [6, 6.07) is 8.47. The van der Waals surface area contributed by atoms with E-state index in [1.807, 2.05) is 0 Å². The summed E-state index contributed by atoms with van der Waals surface area (Å²) in [7, 11) is 0. The molecule has 1 aliphatic heterocycles. The number of nitrogens with zero attached hydrogens (tertiary/aromatic N) is 1. The number of benzene rings is 1. The topological polar surface area (TPSA) is 32.3 Å². The lowest BCUT2D eigenvalue weighted by Crippen LogP contribution is -2.40. The SMILES string of the molecule is CCCCCNC(=O)C1CCN(Cc2cccc(Br)c2)CC1. The third kappa shape index (κ3) is 5.73. The van der Waals surface area contributed by atoms with Crippen LogP contribution < -0.4 is 5.32 Å². The molecule has 0 radical (unpaired) electrons. The van der Waals surface area contributed by atoms with E-state index in [1.54, 1.807) is 0 Å². The van der Waals surface area contributed by atoms with Crippen molar-refractivity contribution in [3.63, 3.8) is 0 Å². The van der Waals surface area contributed by atoms with Crippen LogP contribution in [0.15, 0.2) is 28.7 Å². The molecule has 1 fully saturated rings. The third-order valence-electron chi connectivity index (χ3n) is 4.33. The van der Waals surface area contributed by atoms with Crippen molar-refractivity contribution < 1.29 is 4.79 Å². The minimum atomic E-state index is 0.209. The fourth-order valence-corrected chi connectivity index (χ4v) is 3.42. The predicted octanol–water partition coefficient (Wildman–Crippen LogP) is 3.97. The van der Waals surface area contributed by atoms with Gasteiger partial charge in [0.1, 0.15) is 0 Å². The number of hydrogen-bond donors (Lipinski definition) is 1. The number of nitrogens with one attached hydrogen (secondary N) is 1. The Hall–Kier alpha value is -0.870. The van der Waals surface area contributed by atoms with Crippen molar-refractivity contribution in [3.8, 4) is 0 Å². The molecule has 122 valence electrons. The molecule has 3 nitrogen and oxygen atoms in total. The normalized spacial score (nSPS) is 16.6. The van der Waals surface area contributed by atoms with Crippen LogP contribution in [0.4, 0.5) is 0 Å². The molecule has 1 amide bonds. The first-order valence-electron chi connectivity index (χ1n) is 8.43. The molecule has 0 bridgehead atoms. The van der Waals surface area contributed by atoms with E-state index in [1.165, 1.54) is 18.4 Å². The highest BCUT2D eigenvalue weighted by atomic mass is 79.9. The Balaban J connectivity index is 1.70. The number of likely N-dealkylation sites (tertiary alicyclic amines) is 1. The van der Waals surface area contributed by atoms with E-state index >= 15 is 0 Å². The summed E-state index contributed by atoms with van der Waals surface area (Å²) >= 11 is 3.52. The van der Waals surface area contributed by atoms with Crippen molar-refractivity contribution >= 4 is 21.8 Å². The van der Waals surface area contributed by atoms with Gasteiger partial charge >= 0.3 is 0 Å². The molecule has 1 aliphatic rings. The van der Waals surface area contributed by atoms with E-state index in [-0.39, 0.29) is 11.8 Å². The van der Waals surface area contributed by atoms with Crippen molar-refractivity contribution in [2.75, 3.05) is 19.6 Å². The van der Waals surface area contributed by atoms with Crippen LogP contribution in [0.1, 0.15) is 44.6 Å². The van der Waals surface area contributed by atoms with Crippen LogP contribution in [0.25, 0.3) is 0 Å². The van der Waals surface area contributed by atoms with Crippen LogP contribution >= 0.6 is 15.9 Å². The molecule has 1 heterocycles. The van der Waals surface area contributed by atoms with Crippen LogP contribution in [-0.2, 0) is 11.3 Å². The van der Waals surface area contributed by atoms with E-state index in [0.29, 0.717) is 0 Å². The van der Waals surface area contributed by atoms with Crippen LogP contribution in [-0.4, -0.2) is 30.4 Å². The monoisotopic (exact) mass is 366 g/mol. The zero-order valence-electron chi connectivity index (χ0n) is 13.5. The number of amides is 1. The van der Waals surface area contributed by atoms with E-state index in [4.69, 9.17) is 0 Å². The van der Waals surface area contributed by atoms with Gasteiger partial charge in [-0.25, -0.2) is 0 Å². The highest BCUT2D eigenvalue weighted by Crippen LogP contribution is 2.20. The highest BCUT2D eigenvalue weighted by molar-refractivity contribution is 9.10. The lowest BCUT2D eigenvalue weighted by molar-refractivity contribution is -0.126. The second-order valence-electron chi connectivity index (χ2n) is 6.18. The fourth-order valence-electron chi connectivity index (χ4n) is 2.98. The number of halogens is 1. The lowest BCUT2D eigenvalue weighted by atomic mass is 9.95. The first kappa shape index (κ1) is 17.5. The average Bonchev–Trinajstić information content (AvgIpc) is 2.52. The summed E-state index contributed by atoms with van der Waals surface area (Å²) < 4.78 is 1.13. The summed E-state index contributed by atoms with van der Waals surface area (Å²) in [4.78, 5) is 14.6. The smallest absolute Gasteiger partial charge is 0.223 e. The molecule has 0 aromatic heterocycles. The van der Waals surface area contributed by atoms with E-state index in [9.17, 15) is 4.79 Å². The standard InChI is InChI=1S/C18H27BrN2O/c1-2-3-4-10-20-18(22)16-8-11-21(12-9-16)14-15-6-5-7-17(19)13-15/h5-7,13,16H,2-4,8-12,14H2,1H3,(H,20,22). The van der Waals surface area contributed by atoms with Crippen LogP contribution in [0.2, 0.25) is 0 Å². The Labute approximate surface area is 142 Å². The second-order valence-corrected chi connectivity index (χ2v) is 7.09. The third-order valence-corrected chi connectivity index (χ3v) is 4.83. The van der Waals surface area contributed by atoms with Gasteiger partial charge in [0.15, 0.2) is 0 Å². The maximum absolute atomic E-state index is 12.1. The minimum Gasteiger partial charge on any atom is -0.356 e. The zero-order chi connectivity index (χ0) is 15.8. The second kappa shape index (κ2) is 9.31. The first-order chi connectivity index (χ1) is 10.7. The molecule has 1 saturated heterocycles. The quantitative estimate of drug-likeness (QED) is 0.740. The predicted molar refractivity (Wildman–Crippen MR) is 94.7 cm³/mol. The van der Waals surface area contributed by atoms with Gasteiger partial charge in [0.25, 0.3) is 0 Å². The van der Waals surface area contributed by atoms with Gasteiger partial charge in [0.05, 0.1) is 0 Å². The molecule has 0 saturated carbocycles. The van der Waals surface area contributed by atoms with Gasteiger partial charge in [-0.15, -0.1) is 0 Å². The van der Waals surface area contributed by atoms with Crippen LogP contribution in [0.5, 0.6) is 0 Å². The van der Waals surface area contributed by atoms with Gasteiger partial charge in [0, 0.05) is 23.5 Å². The van der Waals surface area contributed by atoms with Crippen molar-refractivity contribution in [2.24, 2.45) is 5.92 Å². The fraction of sp³-hybridized carbons (Fsp3) is 0.611. The maximum atomic E-state index is 12.1. The number of carbonyl (C=O) groups is 1. The van der Waals surface area contributed by atoms with Crippen molar-refractivity contribution in [3.05, 3.63) is 34.3 Å². The molecule has 0 unspecified atom stereocenters. The summed E-state index contributed by atoms with van der Waals surface area (Å²) in [6.45, 7) is 6.02. The first-order valence-corrected chi connectivity index (χ1v) is 9.23. The average molecular weight is 367 g/mol. The molecule has 1 aromatic carbocycles. The van der Waals surface area contributed by atoms with E-state index in [0.717, 1.165) is 49.9 Å². The summed E-state index contributed by atoms with van der Waals surface area (Å²) in [5.74, 6) is 0.471. The molecular weight excluding hydrogens is 340 g/mol. The number of carbonyl (C=O) groups excluding carboxylic acids is 1. The number of rotatable bonds is 7. The van der Waals surface area contributed by atoms with Gasteiger partial charge in [-0.1, -0.05) is 47.8 Å². The maximum Gasteiger partial charge on any atom is 0.223 e. The van der Waals surface area contributed by atoms with Crippen molar-refractivity contribution in [1.29, 1.82) is 0 Å². The molecule has 22 heavy (non-hydrogen) atoms. The largest absolute Gasteiger partial charge is 0.356 e. The molecule has 0 spiro atoms. The molecule has 0 aliphatic carbocycles. The van der Waals surface area contributed by atoms with Gasteiger partial charge in [-0.2, -0.15) is 0 Å². The van der Waals surface area contributed by atoms with Gasteiger partial charge < -0.3 is 5.32 Å². The van der Waals surface area contributed by atoms with E-state index in [2.05, 4.69) is 57.3 Å². The van der Waals surface area contributed by atoms with Crippen LogP contribution in [0.3, 0.4) is 0 Å². The van der Waals surface area contributed by atoms with Crippen LogP contribution in [0, 0.1) is 5.92 Å². The Morgan fingerprint density at radius 3 is 2.77 bits per heavy atom. The molecule has 4 heteroatoms. The molecule has 1 N–H and O–H groups in total. The van der Waals surface area contributed by atoms with Gasteiger partial charge in [-0.05, 0) is 50.0 Å². The van der Waals surface area contributed by atoms with Crippen molar-refractivity contribution in [2.45, 2.75) is 45.6 Å².